The van der Waals surface area contributed by atoms with Crippen LogP contribution in [0.1, 0.15) is 19.8 Å². The summed E-state index contributed by atoms with van der Waals surface area (Å²) in [4.78, 5) is 23.8. The summed E-state index contributed by atoms with van der Waals surface area (Å²) in [5, 5.41) is 14.3. The van der Waals surface area contributed by atoms with Crippen molar-refractivity contribution in [3.05, 3.63) is 0 Å². The van der Waals surface area contributed by atoms with Gasteiger partial charge in [-0.15, -0.1) is 0 Å². The minimum atomic E-state index is -0.989. The minimum Gasteiger partial charge on any atom is -0.480 e. The number of likely N-dealkylation sites (N-methyl/N-ethyl adjacent to an activating group) is 2. The Labute approximate surface area is 96.0 Å². The first-order valence-electron chi connectivity index (χ1n) is 5.42. The molecular weight excluding hydrogens is 210 g/mol. The molecule has 0 aromatic carbocycles. The first-order valence-corrected chi connectivity index (χ1v) is 5.42. The molecule has 0 unspecified atom stereocenters. The number of carbonyl (C=O) groups is 2. The van der Waals surface area contributed by atoms with E-state index in [1.54, 1.807) is 14.1 Å². The van der Waals surface area contributed by atoms with Gasteiger partial charge in [0.15, 0.2) is 0 Å². The van der Waals surface area contributed by atoms with E-state index >= 15 is 0 Å². The molecule has 0 bridgehead atoms. The second kappa shape index (κ2) is 7.92. The van der Waals surface area contributed by atoms with Crippen molar-refractivity contribution in [1.82, 2.24) is 15.5 Å². The van der Waals surface area contributed by atoms with Gasteiger partial charge in [-0.3, -0.25) is 0 Å². The fourth-order valence-electron chi connectivity index (χ4n) is 1.19. The van der Waals surface area contributed by atoms with Gasteiger partial charge in [0.05, 0.1) is 0 Å². The standard InChI is InChI=1S/C10H21N3O3/c1-4-5-8(9(14)15)12-10(16)13(3)7-6-11-2/h8,11H,4-7H2,1-3H3,(H,12,16)(H,14,15)/t8-/m0/s1. The molecule has 0 rings (SSSR count). The molecule has 3 N–H and O–H groups in total. The Morgan fingerprint density at radius 3 is 2.50 bits per heavy atom. The van der Waals surface area contributed by atoms with E-state index in [9.17, 15) is 9.59 Å². The number of urea groups is 1. The summed E-state index contributed by atoms with van der Waals surface area (Å²) in [5.41, 5.74) is 0. The molecule has 6 heteroatoms. The van der Waals surface area contributed by atoms with E-state index in [-0.39, 0.29) is 6.03 Å². The third kappa shape index (κ3) is 5.55. The molecule has 0 aliphatic carbocycles. The summed E-state index contributed by atoms with van der Waals surface area (Å²) < 4.78 is 0. The Balaban J connectivity index is 4.12. The van der Waals surface area contributed by atoms with E-state index < -0.39 is 12.0 Å². The van der Waals surface area contributed by atoms with Crippen molar-refractivity contribution in [2.45, 2.75) is 25.8 Å². The molecule has 0 saturated carbocycles. The second-order valence-electron chi connectivity index (χ2n) is 3.65. The van der Waals surface area contributed by atoms with Crippen molar-refractivity contribution in [2.75, 3.05) is 27.2 Å². The van der Waals surface area contributed by atoms with E-state index in [0.717, 1.165) is 6.42 Å². The van der Waals surface area contributed by atoms with Gasteiger partial charge in [-0.05, 0) is 13.5 Å². The van der Waals surface area contributed by atoms with Crippen LogP contribution in [0.15, 0.2) is 0 Å². The number of nitrogens with one attached hydrogen (secondary N) is 2. The van der Waals surface area contributed by atoms with Gasteiger partial charge in [-0.1, -0.05) is 13.3 Å². The molecule has 16 heavy (non-hydrogen) atoms. The molecule has 1 atom stereocenters. The zero-order valence-electron chi connectivity index (χ0n) is 10.1. The number of carboxylic acids is 1. The molecule has 0 heterocycles. The number of carboxylic acid groups (broad SMARTS) is 1. The van der Waals surface area contributed by atoms with Crippen molar-refractivity contribution in [3.63, 3.8) is 0 Å². The van der Waals surface area contributed by atoms with Crippen molar-refractivity contribution in [1.29, 1.82) is 0 Å². The van der Waals surface area contributed by atoms with Gasteiger partial charge < -0.3 is 20.6 Å². The van der Waals surface area contributed by atoms with Gasteiger partial charge in [-0.25, -0.2) is 9.59 Å². The Morgan fingerprint density at radius 2 is 2.06 bits per heavy atom. The highest BCUT2D eigenvalue weighted by molar-refractivity contribution is 5.82. The molecule has 0 fully saturated rings. The number of hydrogen-bond acceptors (Lipinski definition) is 3. The Hall–Kier alpha value is -1.30. The number of hydrogen-bond donors (Lipinski definition) is 3. The highest BCUT2D eigenvalue weighted by atomic mass is 16.4. The van der Waals surface area contributed by atoms with Crippen LogP contribution in [0.2, 0.25) is 0 Å². The number of aliphatic carboxylic acids is 1. The molecule has 0 aromatic heterocycles. The summed E-state index contributed by atoms with van der Waals surface area (Å²) >= 11 is 0. The Bertz CT molecular complexity index is 233. The lowest BCUT2D eigenvalue weighted by atomic mass is 10.2. The number of carbonyl (C=O) groups excluding carboxylic acids is 1. The highest BCUT2D eigenvalue weighted by Gasteiger charge is 2.20. The Kier molecular flexibility index (Phi) is 7.28. The molecule has 0 saturated heterocycles. The fraction of sp³-hybridized carbons (Fsp3) is 0.800. The molecule has 0 aromatic rings. The second-order valence-corrected chi connectivity index (χ2v) is 3.65. The largest absolute Gasteiger partial charge is 0.480 e. The molecule has 0 spiro atoms. The van der Waals surface area contributed by atoms with Gasteiger partial charge in [0.2, 0.25) is 0 Å². The van der Waals surface area contributed by atoms with Crippen LogP contribution < -0.4 is 10.6 Å². The smallest absolute Gasteiger partial charge is 0.326 e. The SMILES string of the molecule is CCC[C@H](NC(=O)N(C)CCNC)C(=O)O. The number of nitrogens with zero attached hydrogens (tertiary/aromatic N) is 1. The third-order valence-corrected chi connectivity index (χ3v) is 2.22. The van der Waals surface area contributed by atoms with Crippen LogP contribution in [0.4, 0.5) is 4.79 Å². The van der Waals surface area contributed by atoms with E-state index in [4.69, 9.17) is 5.11 Å². The van der Waals surface area contributed by atoms with Crippen molar-refractivity contribution in [2.24, 2.45) is 0 Å². The van der Waals surface area contributed by atoms with Crippen LogP contribution >= 0.6 is 0 Å². The van der Waals surface area contributed by atoms with Crippen LogP contribution in [0.25, 0.3) is 0 Å². The molecule has 0 aliphatic heterocycles. The van der Waals surface area contributed by atoms with Crippen molar-refractivity contribution >= 4 is 12.0 Å². The summed E-state index contributed by atoms with van der Waals surface area (Å²) in [6.07, 6.45) is 1.17. The maximum absolute atomic E-state index is 11.6. The van der Waals surface area contributed by atoms with Gasteiger partial charge in [0.25, 0.3) is 0 Å². The lowest BCUT2D eigenvalue weighted by Gasteiger charge is -2.21. The normalized spacial score (nSPS) is 11.9. The van der Waals surface area contributed by atoms with Crippen LogP contribution in [-0.4, -0.2) is 55.2 Å². The van der Waals surface area contributed by atoms with Gasteiger partial charge in [0.1, 0.15) is 6.04 Å². The molecule has 0 radical (unpaired) electrons. The van der Waals surface area contributed by atoms with E-state index in [1.165, 1.54) is 4.90 Å². The highest BCUT2D eigenvalue weighted by Crippen LogP contribution is 1.98. The first kappa shape index (κ1) is 14.7. The average molecular weight is 231 g/mol. The molecule has 2 amide bonds. The van der Waals surface area contributed by atoms with Crippen molar-refractivity contribution < 1.29 is 14.7 Å². The zero-order chi connectivity index (χ0) is 12.6. The van der Waals surface area contributed by atoms with Crippen LogP contribution in [0, 0.1) is 0 Å². The lowest BCUT2D eigenvalue weighted by molar-refractivity contribution is -0.139. The third-order valence-electron chi connectivity index (χ3n) is 2.22. The predicted octanol–water partition coefficient (Wildman–Crippen LogP) is 0.101. The van der Waals surface area contributed by atoms with Gasteiger partial charge in [0, 0.05) is 20.1 Å². The van der Waals surface area contributed by atoms with E-state index in [1.807, 2.05) is 6.92 Å². The first-order chi connectivity index (χ1) is 7.52. The maximum Gasteiger partial charge on any atom is 0.326 e. The minimum absolute atomic E-state index is 0.351. The number of amides is 2. The van der Waals surface area contributed by atoms with Crippen LogP contribution in [-0.2, 0) is 4.79 Å². The van der Waals surface area contributed by atoms with E-state index in [0.29, 0.717) is 19.5 Å². The van der Waals surface area contributed by atoms with Gasteiger partial charge in [-0.2, -0.15) is 0 Å². The zero-order valence-corrected chi connectivity index (χ0v) is 10.1. The monoisotopic (exact) mass is 231 g/mol. The topological polar surface area (TPSA) is 81.7 Å². The maximum atomic E-state index is 11.6. The van der Waals surface area contributed by atoms with E-state index in [2.05, 4.69) is 10.6 Å². The van der Waals surface area contributed by atoms with Crippen molar-refractivity contribution in [3.8, 4) is 0 Å². The molecule has 0 aliphatic rings. The summed E-state index contributed by atoms with van der Waals surface area (Å²) in [7, 11) is 3.43. The quantitative estimate of drug-likeness (QED) is 0.580. The van der Waals surface area contributed by atoms with Crippen LogP contribution in [0.3, 0.4) is 0 Å². The molecular formula is C10H21N3O3. The molecule has 94 valence electrons. The Morgan fingerprint density at radius 1 is 1.44 bits per heavy atom. The summed E-state index contributed by atoms with van der Waals surface area (Å²) in [6, 6.07) is -1.15. The number of rotatable bonds is 7. The van der Waals surface area contributed by atoms with Crippen LogP contribution in [0.5, 0.6) is 0 Å². The molecule has 6 nitrogen and oxygen atoms in total. The fourth-order valence-corrected chi connectivity index (χ4v) is 1.19. The lowest BCUT2D eigenvalue weighted by Crippen LogP contribution is -2.47. The average Bonchev–Trinajstić information content (AvgIpc) is 2.24. The van der Waals surface area contributed by atoms with Gasteiger partial charge >= 0.3 is 12.0 Å². The predicted molar refractivity (Wildman–Crippen MR) is 61.4 cm³/mol. The summed E-state index contributed by atoms with van der Waals surface area (Å²) in [6.45, 7) is 3.10. The summed E-state index contributed by atoms with van der Waals surface area (Å²) in [5.74, 6) is -0.989.